The summed E-state index contributed by atoms with van der Waals surface area (Å²) in [6.07, 6.45) is 1.86. The molecule has 0 saturated carbocycles. The molecule has 2 aromatic rings. The molecule has 0 spiro atoms. The molecule has 2 N–H and O–H groups in total. The lowest BCUT2D eigenvalue weighted by atomic mass is 10.1. The van der Waals surface area contributed by atoms with E-state index in [2.05, 4.69) is 41.9 Å². The summed E-state index contributed by atoms with van der Waals surface area (Å²) in [5, 5.41) is 1.14. The van der Waals surface area contributed by atoms with E-state index in [1.54, 1.807) is 11.3 Å². The normalized spacial score (nSPS) is 12.7. The van der Waals surface area contributed by atoms with E-state index in [0.29, 0.717) is 0 Å². The summed E-state index contributed by atoms with van der Waals surface area (Å²) in [6.45, 7) is 4.23. The lowest BCUT2D eigenvalue weighted by Crippen LogP contribution is -2.21. The predicted octanol–water partition coefficient (Wildman–Crippen LogP) is 4.16. The van der Waals surface area contributed by atoms with Gasteiger partial charge in [-0.1, -0.05) is 35.0 Å². The minimum Gasteiger partial charge on any atom is -0.327 e. The number of hydrogen-bond acceptors (Lipinski definition) is 3. The van der Waals surface area contributed by atoms with Gasteiger partial charge in [0.1, 0.15) is 0 Å². The molecule has 1 unspecified atom stereocenters. The van der Waals surface area contributed by atoms with Gasteiger partial charge in [0.2, 0.25) is 0 Å². The van der Waals surface area contributed by atoms with E-state index in [1.807, 2.05) is 12.1 Å². The monoisotopic (exact) mass is 324 g/mol. The van der Waals surface area contributed by atoms with Gasteiger partial charge < -0.3 is 5.73 Å². The maximum Gasteiger partial charge on any atom is 0.0950 e. The fourth-order valence-corrected chi connectivity index (χ4v) is 3.26. The van der Waals surface area contributed by atoms with Gasteiger partial charge in [-0.25, -0.2) is 4.98 Å². The second kappa shape index (κ2) is 5.95. The molecule has 2 rings (SSSR count). The van der Waals surface area contributed by atoms with Crippen molar-refractivity contribution in [2.75, 3.05) is 0 Å². The van der Waals surface area contributed by atoms with Crippen LogP contribution in [0, 0.1) is 6.92 Å². The second-order valence-electron chi connectivity index (χ2n) is 4.40. The summed E-state index contributed by atoms with van der Waals surface area (Å²) in [5.74, 6) is 0. The quantitative estimate of drug-likeness (QED) is 0.917. The van der Waals surface area contributed by atoms with Gasteiger partial charge in [-0.05, 0) is 25.5 Å². The SMILES string of the molecule is CCC(N)Cc1nc(-c2cccc(Br)c2)c(C)s1. The highest BCUT2D eigenvalue weighted by Crippen LogP contribution is 2.29. The Morgan fingerprint density at radius 3 is 2.89 bits per heavy atom. The maximum absolute atomic E-state index is 5.99. The van der Waals surface area contributed by atoms with Gasteiger partial charge in [0.25, 0.3) is 0 Å². The van der Waals surface area contributed by atoms with E-state index in [1.165, 1.54) is 4.88 Å². The minimum absolute atomic E-state index is 0.214. The minimum atomic E-state index is 0.214. The highest BCUT2D eigenvalue weighted by Gasteiger charge is 2.12. The van der Waals surface area contributed by atoms with Crippen LogP contribution in [-0.2, 0) is 6.42 Å². The van der Waals surface area contributed by atoms with Crippen molar-refractivity contribution in [3.63, 3.8) is 0 Å². The van der Waals surface area contributed by atoms with E-state index < -0.39 is 0 Å². The highest BCUT2D eigenvalue weighted by molar-refractivity contribution is 9.10. The molecule has 0 bridgehead atoms. The molecule has 1 heterocycles. The van der Waals surface area contributed by atoms with Crippen molar-refractivity contribution < 1.29 is 0 Å². The van der Waals surface area contributed by atoms with Gasteiger partial charge in [0, 0.05) is 27.4 Å². The number of thiazole rings is 1. The summed E-state index contributed by atoms with van der Waals surface area (Å²) in [7, 11) is 0. The molecule has 0 aliphatic carbocycles. The van der Waals surface area contributed by atoms with Crippen molar-refractivity contribution in [1.29, 1.82) is 0 Å². The van der Waals surface area contributed by atoms with Crippen LogP contribution in [0.15, 0.2) is 28.7 Å². The van der Waals surface area contributed by atoms with Crippen molar-refractivity contribution >= 4 is 27.3 Å². The number of aryl methyl sites for hydroxylation is 1. The summed E-state index contributed by atoms with van der Waals surface area (Å²) < 4.78 is 1.08. The fraction of sp³-hybridized carbons (Fsp3) is 0.357. The number of rotatable bonds is 4. The summed E-state index contributed by atoms with van der Waals surface area (Å²) in [4.78, 5) is 5.98. The first-order valence-electron chi connectivity index (χ1n) is 6.08. The molecule has 96 valence electrons. The Morgan fingerprint density at radius 1 is 1.44 bits per heavy atom. The largest absolute Gasteiger partial charge is 0.327 e. The average Bonchev–Trinajstić information content (AvgIpc) is 2.70. The average molecular weight is 325 g/mol. The van der Waals surface area contributed by atoms with Gasteiger partial charge >= 0.3 is 0 Å². The number of nitrogens with zero attached hydrogens (tertiary/aromatic N) is 1. The molecule has 2 nitrogen and oxygen atoms in total. The fourth-order valence-electron chi connectivity index (χ4n) is 1.81. The van der Waals surface area contributed by atoms with Gasteiger partial charge in [0.15, 0.2) is 0 Å². The summed E-state index contributed by atoms with van der Waals surface area (Å²) >= 11 is 5.25. The van der Waals surface area contributed by atoms with Crippen LogP contribution in [0.2, 0.25) is 0 Å². The smallest absolute Gasteiger partial charge is 0.0950 e. The molecule has 1 aromatic carbocycles. The van der Waals surface area contributed by atoms with E-state index >= 15 is 0 Å². The molecule has 0 amide bonds. The Hall–Kier alpha value is -0.710. The lowest BCUT2D eigenvalue weighted by molar-refractivity contribution is 0.644. The van der Waals surface area contributed by atoms with E-state index in [0.717, 1.165) is 33.6 Å². The van der Waals surface area contributed by atoms with Crippen LogP contribution in [0.1, 0.15) is 23.2 Å². The van der Waals surface area contributed by atoms with Crippen molar-refractivity contribution in [1.82, 2.24) is 4.98 Å². The third kappa shape index (κ3) is 3.19. The molecule has 0 fully saturated rings. The topological polar surface area (TPSA) is 38.9 Å². The number of hydrogen-bond donors (Lipinski definition) is 1. The molecule has 0 saturated heterocycles. The lowest BCUT2D eigenvalue weighted by Gasteiger charge is -2.04. The molecule has 18 heavy (non-hydrogen) atoms. The van der Waals surface area contributed by atoms with Crippen LogP contribution < -0.4 is 5.73 Å². The zero-order valence-corrected chi connectivity index (χ0v) is 13.0. The first-order valence-corrected chi connectivity index (χ1v) is 7.69. The molecule has 1 aromatic heterocycles. The van der Waals surface area contributed by atoms with E-state index in [4.69, 9.17) is 10.7 Å². The number of nitrogens with two attached hydrogens (primary N) is 1. The van der Waals surface area contributed by atoms with Crippen LogP contribution in [-0.4, -0.2) is 11.0 Å². The van der Waals surface area contributed by atoms with Crippen LogP contribution in [0.5, 0.6) is 0 Å². The van der Waals surface area contributed by atoms with Crippen molar-refractivity contribution in [2.45, 2.75) is 32.7 Å². The van der Waals surface area contributed by atoms with E-state index in [-0.39, 0.29) is 6.04 Å². The van der Waals surface area contributed by atoms with Crippen LogP contribution in [0.25, 0.3) is 11.3 Å². The van der Waals surface area contributed by atoms with Gasteiger partial charge in [-0.15, -0.1) is 11.3 Å². The van der Waals surface area contributed by atoms with Crippen LogP contribution in [0.3, 0.4) is 0 Å². The van der Waals surface area contributed by atoms with Gasteiger partial charge in [-0.2, -0.15) is 0 Å². The van der Waals surface area contributed by atoms with Gasteiger partial charge in [-0.3, -0.25) is 0 Å². The maximum atomic E-state index is 5.99. The Labute approximate surface area is 120 Å². The standard InChI is InChI=1S/C14H17BrN2S/c1-3-12(16)8-13-17-14(9(2)18-13)10-5-4-6-11(15)7-10/h4-7,12H,3,8,16H2,1-2H3. The molecular weight excluding hydrogens is 308 g/mol. The molecule has 0 aliphatic rings. The Balaban J connectivity index is 2.29. The summed E-state index contributed by atoms with van der Waals surface area (Å²) in [5.41, 5.74) is 8.23. The number of benzene rings is 1. The third-order valence-corrected chi connectivity index (χ3v) is 4.39. The Bertz CT molecular complexity index is 536. The predicted molar refractivity (Wildman–Crippen MR) is 82.0 cm³/mol. The second-order valence-corrected chi connectivity index (χ2v) is 6.60. The molecule has 1 atom stereocenters. The van der Waals surface area contributed by atoms with Crippen molar-refractivity contribution in [3.05, 3.63) is 38.6 Å². The third-order valence-electron chi connectivity index (χ3n) is 2.90. The van der Waals surface area contributed by atoms with E-state index in [9.17, 15) is 0 Å². The highest BCUT2D eigenvalue weighted by atomic mass is 79.9. The zero-order valence-electron chi connectivity index (χ0n) is 10.6. The molecule has 4 heteroatoms. The Morgan fingerprint density at radius 2 is 2.22 bits per heavy atom. The Kier molecular flexibility index (Phi) is 4.54. The summed E-state index contributed by atoms with van der Waals surface area (Å²) in [6, 6.07) is 8.47. The van der Waals surface area contributed by atoms with Crippen molar-refractivity contribution in [3.8, 4) is 11.3 Å². The zero-order chi connectivity index (χ0) is 13.1. The molecule has 0 radical (unpaired) electrons. The first kappa shape index (κ1) is 13.7. The molecular formula is C14H17BrN2S. The first-order chi connectivity index (χ1) is 8.60. The van der Waals surface area contributed by atoms with Gasteiger partial charge in [0.05, 0.1) is 10.7 Å². The van der Waals surface area contributed by atoms with Crippen LogP contribution in [0.4, 0.5) is 0 Å². The van der Waals surface area contributed by atoms with Crippen molar-refractivity contribution in [2.24, 2.45) is 5.73 Å². The number of halogens is 1. The number of aromatic nitrogens is 1. The molecule has 0 aliphatic heterocycles. The van der Waals surface area contributed by atoms with Crippen LogP contribution >= 0.6 is 27.3 Å².